The summed E-state index contributed by atoms with van der Waals surface area (Å²) in [5.74, 6) is 0.989. The van der Waals surface area contributed by atoms with E-state index in [0.717, 1.165) is 18.8 Å². The van der Waals surface area contributed by atoms with Crippen LogP contribution in [0, 0.1) is 6.92 Å². The molecule has 1 fully saturated rings. The molecular formula is C19H23NO. The van der Waals surface area contributed by atoms with E-state index in [1.54, 1.807) is 0 Å². The molecule has 0 atom stereocenters. The fourth-order valence-corrected chi connectivity index (χ4v) is 2.52. The maximum Gasteiger partial charge on any atom is 0.119 e. The molecule has 0 aliphatic heterocycles. The van der Waals surface area contributed by atoms with E-state index in [1.165, 1.54) is 35.1 Å². The number of ether oxygens (including phenoxy) is 1. The van der Waals surface area contributed by atoms with Crippen LogP contribution in [-0.4, -0.2) is 12.6 Å². The summed E-state index contributed by atoms with van der Waals surface area (Å²) in [5, 5.41) is 3.37. The van der Waals surface area contributed by atoms with E-state index >= 15 is 0 Å². The number of benzene rings is 2. The molecule has 0 amide bonds. The highest BCUT2D eigenvalue weighted by Crippen LogP contribution is 2.30. The van der Waals surface area contributed by atoms with Crippen molar-refractivity contribution in [3.8, 4) is 16.9 Å². The maximum absolute atomic E-state index is 5.80. The lowest BCUT2D eigenvalue weighted by atomic mass is 9.98. The van der Waals surface area contributed by atoms with Gasteiger partial charge in [-0.15, -0.1) is 0 Å². The van der Waals surface area contributed by atoms with Crippen LogP contribution in [0.3, 0.4) is 0 Å². The molecule has 21 heavy (non-hydrogen) atoms. The Kier molecular flexibility index (Phi) is 4.26. The second-order valence-corrected chi connectivity index (χ2v) is 5.77. The molecule has 0 unspecified atom stereocenters. The summed E-state index contributed by atoms with van der Waals surface area (Å²) < 4.78 is 5.80. The lowest BCUT2D eigenvalue weighted by molar-refractivity contribution is 0.303. The van der Waals surface area contributed by atoms with E-state index in [2.05, 4.69) is 61.6 Å². The molecule has 0 spiro atoms. The van der Waals surface area contributed by atoms with Gasteiger partial charge in [0.15, 0.2) is 0 Å². The van der Waals surface area contributed by atoms with Crippen molar-refractivity contribution in [2.75, 3.05) is 6.54 Å². The highest BCUT2D eigenvalue weighted by molar-refractivity contribution is 5.68. The molecule has 0 bridgehead atoms. The van der Waals surface area contributed by atoms with Crippen LogP contribution in [-0.2, 0) is 6.54 Å². The molecule has 2 heteroatoms. The van der Waals surface area contributed by atoms with E-state index in [9.17, 15) is 0 Å². The molecule has 0 aromatic heterocycles. The van der Waals surface area contributed by atoms with Gasteiger partial charge in [0.1, 0.15) is 5.75 Å². The first-order valence-electron chi connectivity index (χ1n) is 7.83. The summed E-state index contributed by atoms with van der Waals surface area (Å²) in [4.78, 5) is 0. The van der Waals surface area contributed by atoms with Crippen LogP contribution in [0.5, 0.6) is 5.75 Å². The fourth-order valence-electron chi connectivity index (χ4n) is 2.52. The average Bonchev–Trinajstić information content (AvgIpc) is 3.30. The van der Waals surface area contributed by atoms with Gasteiger partial charge in [-0.25, -0.2) is 0 Å². The topological polar surface area (TPSA) is 21.3 Å². The van der Waals surface area contributed by atoms with E-state index in [4.69, 9.17) is 4.74 Å². The molecule has 2 nitrogen and oxygen atoms in total. The molecule has 1 N–H and O–H groups in total. The number of aryl methyl sites for hydroxylation is 1. The van der Waals surface area contributed by atoms with Gasteiger partial charge in [0.25, 0.3) is 0 Å². The highest BCUT2D eigenvalue weighted by Gasteiger charge is 2.23. The van der Waals surface area contributed by atoms with E-state index in [1.807, 2.05) is 0 Å². The van der Waals surface area contributed by atoms with Crippen LogP contribution in [0.1, 0.15) is 30.9 Å². The zero-order valence-corrected chi connectivity index (χ0v) is 12.9. The Balaban J connectivity index is 1.75. The van der Waals surface area contributed by atoms with Crippen molar-refractivity contribution in [1.29, 1.82) is 0 Å². The van der Waals surface area contributed by atoms with Crippen LogP contribution in [0.2, 0.25) is 0 Å². The van der Waals surface area contributed by atoms with Crippen LogP contribution >= 0.6 is 0 Å². The average molecular weight is 281 g/mol. The van der Waals surface area contributed by atoms with Gasteiger partial charge in [-0.3, -0.25) is 0 Å². The van der Waals surface area contributed by atoms with Gasteiger partial charge in [-0.2, -0.15) is 0 Å². The molecule has 2 aromatic rings. The smallest absolute Gasteiger partial charge is 0.119 e. The molecule has 1 aliphatic rings. The number of hydrogen-bond donors (Lipinski definition) is 1. The minimum Gasteiger partial charge on any atom is -0.490 e. The van der Waals surface area contributed by atoms with Crippen LogP contribution in [0.4, 0.5) is 0 Å². The van der Waals surface area contributed by atoms with Crippen molar-refractivity contribution in [3.63, 3.8) is 0 Å². The summed E-state index contributed by atoms with van der Waals surface area (Å²) in [5.41, 5.74) is 5.21. The van der Waals surface area contributed by atoms with Gasteiger partial charge in [0.05, 0.1) is 6.10 Å². The molecule has 2 aromatic carbocycles. The minimum atomic E-state index is 0.461. The van der Waals surface area contributed by atoms with Crippen molar-refractivity contribution < 1.29 is 4.74 Å². The summed E-state index contributed by atoms with van der Waals surface area (Å²) in [6.07, 6.45) is 2.87. The molecule has 0 saturated heterocycles. The van der Waals surface area contributed by atoms with Crippen LogP contribution < -0.4 is 10.1 Å². The van der Waals surface area contributed by atoms with Gasteiger partial charge in [-0.05, 0) is 60.7 Å². The predicted molar refractivity (Wildman–Crippen MR) is 87.6 cm³/mol. The Morgan fingerprint density at radius 1 is 1.10 bits per heavy atom. The first kappa shape index (κ1) is 14.2. The SMILES string of the molecule is CCNCc1ccc(-c2ccc(OC3CC3)cc2)c(C)c1. The number of nitrogens with one attached hydrogen (secondary N) is 1. The van der Waals surface area contributed by atoms with Gasteiger partial charge in [0.2, 0.25) is 0 Å². The third-order valence-electron chi connectivity index (χ3n) is 3.86. The van der Waals surface area contributed by atoms with Gasteiger partial charge in [-0.1, -0.05) is 37.3 Å². The first-order chi connectivity index (χ1) is 10.3. The van der Waals surface area contributed by atoms with E-state index in [0.29, 0.717) is 6.10 Å². The standard InChI is InChI=1S/C19H23NO/c1-3-20-13-15-4-11-19(14(2)12-15)16-5-7-17(8-6-16)21-18-9-10-18/h4-8,11-12,18,20H,3,9-10,13H2,1-2H3. The Bertz CT molecular complexity index is 599. The molecule has 3 rings (SSSR count). The lowest BCUT2D eigenvalue weighted by Gasteiger charge is -2.10. The summed E-state index contributed by atoms with van der Waals surface area (Å²) >= 11 is 0. The molecule has 110 valence electrons. The summed E-state index contributed by atoms with van der Waals surface area (Å²) in [7, 11) is 0. The Morgan fingerprint density at radius 2 is 1.86 bits per heavy atom. The third kappa shape index (κ3) is 3.64. The summed E-state index contributed by atoms with van der Waals surface area (Å²) in [6.45, 7) is 6.25. The predicted octanol–water partition coefficient (Wildman–Crippen LogP) is 4.31. The van der Waals surface area contributed by atoms with Crippen LogP contribution in [0.25, 0.3) is 11.1 Å². The van der Waals surface area contributed by atoms with Gasteiger partial charge in [0, 0.05) is 6.54 Å². The van der Waals surface area contributed by atoms with Crippen molar-refractivity contribution in [2.45, 2.75) is 39.3 Å². The minimum absolute atomic E-state index is 0.461. The number of hydrogen-bond acceptors (Lipinski definition) is 2. The molecular weight excluding hydrogens is 258 g/mol. The van der Waals surface area contributed by atoms with Crippen molar-refractivity contribution in [3.05, 3.63) is 53.6 Å². The zero-order chi connectivity index (χ0) is 14.7. The first-order valence-corrected chi connectivity index (χ1v) is 7.83. The van der Waals surface area contributed by atoms with Crippen molar-refractivity contribution in [1.82, 2.24) is 5.32 Å². The molecule has 0 radical (unpaired) electrons. The van der Waals surface area contributed by atoms with Crippen LogP contribution in [0.15, 0.2) is 42.5 Å². The third-order valence-corrected chi connectivity index (χ3v) is 3.86. The monoisotopic (exact) mass is 281 g/mol. The summed E-state index contributed by atoms with van der Waals surface area (Å²) in [6, 6.07) is 15.2. The van der Waals surface area contributed by atoms with Gasteiger partial charge < -0.3 is 10.1 Å². The second-order valence-electron chi connectivity index (χ2n) is 5.77. The Hall–Kier alpha value is -1.80. The fraction of sp³-hybridized carbons (Fsp3) is 0.368. The molecule has 1 saturated carbocycles. The second kappa shape index (κ2) is 6.31. The number of rotatable bonds is 6. The molecule has 0 heterocycles. The highest BCUT2D eigenvalue weighted by atomic mass is 16.5. The Labute approximate surface area is 127 Å². The van der Waals surface area contributed by atoms with E-state index in [-0.39, 0.29) is 0 Å². The Morgan fingerprint density at radius 3 is 2.48 bits per heavy atom. The quantitative estimate of drug-likeness (QED) is 0.851. The van der Waals surface area contributed by atoms with Crippen molar-refractivity contribution in [2.24, 2.45) is 0 Å². The van der Waals surface area contributed by atoms with E-state index < -0.39 is 0 Å². The zero-order valence-electron chi connectivity index (χ0n) is 12.9. The maximum atomic E-state index is 5.80. The lowest BCUT2D eigenvalue weighted by Crippen LogP contribution is -2.11. The molecule has 1 aliphatic carbocycles. The van der Waals surface area contributed by atoms with Crippen molar-refractivity contribution >= 4 is 0 Å². The normalized spacial score (nSPS) is 14.2. The van der Waals surface area contributed by atoms with Gasteiger partial charge >= 0.3 is 0 Å². The largest absolute Gasteiger partial charge is 0.490 e.